The van der Waals surface area contributed by atoms with Gasteiger partial charge in [-0.05, 0) is 43.3 Å². The van der Waals surface area contributed by atoms with Crippen molar-refractivity contribution >= 4 is 23.9 Å². The highest BCUT2D eigenvalue weighted by atomic mass is 16.7. The molecule has 3 atom stereocenters. The van der Waals surface area contributed by atoms with Gasteiger partial charge in [0.05, 0.1) is 16.7 Å². The lowest BCUT2D eigenvalue weighted by Gasteiger charge is -2.28. The number of carbonyl (C=O) groups excluding carboxylic acids is 4. The Hall–Kier alpha value is -4.46. The number of cyclic esters (lactones) is 1. The fourth-order valence-electron chi connectivity index (χ4n) is 3.60. The van der Waals surface area contributed by atoms with Crippen molar-refractivity contribution < 1.29 is 38.1 Å². The molecule has 35 heavy (non-hydrogen) atoms. The van der Waals surface area contributed by atoms with Crippen LogP contribution in [0.2, 0.25) is 0 Å². The number of rotatable bonds is 7. The van der Waals surface area contributed by atoms with E-state index in [1.54, 1.807) is 66.7 Å². The molecule has 1 fully saturated rings. The summed E-state index contributed by atoms with van der Waals surface area (Å²) in [6.07, 6.45) is -2.57. The molecule has 8 heteroatoms. The molecule has 0 N–H and O–H groups in total. The largest absolute Gasteiger partial charge is 0.458 e. The lowest BCUT2D eigenvalue weighted by Crippen LogP contribution is -2.50. The molecule has 3 aromatic rings. The Balaban J connectivity index is 1.57. The first-order valence-electron chi connectivity index (χ1n) is 10.9. The molecule has 0 spiro atoms. The SMILES string of the molecule is C[C@]1(OC(=O)c2ccccc2)C(=O)O[C@H](COC(=O)c2ccccc2)C1OC(=O)c1ccccc1. The summed E-state index contributed by atoms with van der Waals surface area (Å²) in [5.41, 5.74) is -1.24. The average Bonchev–Trinajstić information content (AvgIpc) is 3.12. The van der Waals surface area contributed by atoms with E-state index in [4.69, 9.17) is 18.9 Å². The van der Waals surface area contributed by atoms with Gasteiger partial charge in [0.2, 0.25) is 5.60 Å². The van der Waals surface area contributed by atoms with E-state index in [1.807, 2.05) is 0 Å². The predicted molar refractivity (Wildman–Crippen MR) is 123 cm³/mol. The highest BCUT2D eigenvalue weighted by molar-refractivity contribution is 5.95. The second kappa shape index (κ2) is 10.2. The summed E-state index contributed by atoms with van der Waals surface area (Å²) < 4.78 is 21.8. The second-order valence-corrected chi connectivity index (χ2v) is 7.96. The second-order valence-electron chi connectivity index (χ2n) is 7.96. The van der Waals surface area contributed by atoms with E-state index in [-0.39, 0.29) is 11.1 Å². The van der Waals surface area contributed by atoms with E-state index >= 15 is 0 Å². The third kappa shape index (κ3) is 5.22. The molecule has 1 unspecified atom stereocenters. The Morgan fingerprint density at radius 2 is 1.20 bits per heavy atom. The topological polar surface area (TPSA) is 105 Å². The molecule has 1 aliphatic rings. The van der Waals surface area contributed by atoms with Crippen molar-refractivity contribution in [3.63, 3.8) is 0 Å². The molecule has 0 saturated carbocycles. The number of esters is 4. The Kier molecular flexibility index (Phi) is 6.91. The Morgan fingerprint density at radius 1 is 0.743 bits per heavy atom. The lowest BCUT2D eigenvalue weighted by atomic mass is 9.97. The Labute approximate surface area is 201 Å². The highest BCUT2D eigenvalue weighted by Gasteiger charge is 2.60. The van der Waals surface area contributed by atoms with Gasteiger partial charge < -0.3 is 18.9 Å². The first-order chi connectivity index (χ1) is 16.9. The lowest BCUT2D eigenvalue weighted by molar-refractivity contribution is -0.156. The fraction of sp³-hybridized carbons (Fsp3) is 0.185. The van der Waals surface area contributed by atoms with E-state index in [0.717, 1.165) is 0 Å². The van der Waals surface area contributed by atoms with E-state index in [1.165, 1.54) is 31.2 Å². The first-order valence-corrected chi connectivity index (χ1v) is 10.9. The minimum Gasteiger partial charge on any atom is -0.458 e. The van der Waals surface area contributed by atoms with Crippen LogP contribution in [0.25, 0.3) is 0 Å². The summed E-state index contributed by atoms with van der Waals surface area (Å²) in [5, 5.41) is 0. The Morgan fingerprint density at radius 3 is 1.71 bits per heavy atom. The van der Waals surface area contributed by atoms with Gasteiger partial charge in [-0.25, -0.2) is 19.2 Å². The molecule has 0 aliphatic carbocycles. The van der Waals surface area contributed by atoms with Crippen LogP contribution in [0.3, 0.4) is 0 Å². The van der Waals surface area contributed by atoms with E-state index in [0.29, 0.717) is 5.56 Å². The van der Waals surface area contributed by atoms with Gasteiger partial charge >= 0.3 is 23.9 Å². The average molecular weight is 474 g/mol. The van der Waals surface area contributed by atoms with Crippen LogP contribution in [0.4, 0.5) is 0 Å². The molecule has 178 valence electrons. The molecule has 1 aliphatic heterocycles. The molecule has 8 nitrogen and oxygen atoms in total. The number of ether oxygens (including phenoxy) is 4. The van der Waals surface area contributed by atoms with Gasteiger partial charge in [0.25, 0.3) is 0 Å². The quantitative estimate of drug-likeness (QED) is 0.378. The van der Waals surface area contributed by atoms with Crippen molar-refractivity contribution in [3.05, 3.63) is 108 Å². The van der Waals surface area contributed by atoms with E-state index < -0.39 is 48.3 Å². The number of hydrogen-bond donors (Lipinski definition) is 0. The number of benzene rings is 3. The van der Waals surface area contributed by atoms with Crippen LogP contribution in [0.1, 0.15) is 38.0 Å². The molecular formula is C27H22O8. The van der Waals surface area contributed by atoms with Crippen LogP contribution in [0.5, 0.6) is 0 Å². The summed E-state index contributed by atoms with van der Waals surface area (Å²) in [6.45, 7) is 0.892. The van der Waals surface area contributed by atoms with Gasteiger partial charge in [-0.15, -0.1) is 0 Å². The zero-order chi connectivity index (χ0) is 24.8. The van der Waals surface area contributed by atoms with Crippen molar-refractivity contribution in [1.82, 2.24) is 0 Å². The summed E-state index contributed by atoms with van der Waals surface area (Å²) in [5.74, 6) is -3.12. The van der Waals surface area contributed by atoms with Crippen molar-refractivity contribution in [2.75, 3.05) is 6.61 Å². The highest BCUT2D eigenvalue weighted by Crippen LogP contribution is 2.34. The minimum absolute atomic E-state index is 0.202. The molecule has 3 aromatic carbocycles. The van der Waals surface area contributed by atoms with E-state index in [2.05, 4.69) is 0 Å². The maximum absolute atomic E-state index is 12.9. The molecule has 0 aromatic heterocycles. The summed E-state index contributed by atoms with van der Waals surface area (Å²) in [7, 11) is 0. The van der Waals surface area contributed by atoms with Gasteiger partial charge in [-0.3, -0.25) is 0 Å². The van der Waals surface area contributed by atoms with Crippen LogP contribution < -0.4 is 0 Å². The smallest absolute Gasteiger partial charge is 0.355 e. The fourth-order valence-corrected chi connectivity index (χ4v) is 3.60. The zero-order valence-electron chi connectivity index (χ0n) is 18.8. The van der Waals surface area contributed by atoms with Gasteiger partial charge in [0.15, 0.2) is 12.2 Å². The molecule has 1 saturated heterocycles. The maximum atomic E-state index is 12.9. The van der Waals surface area contributed by atoms with Crippen LogP contribution >= 0.6 is 0 Å². The molecule has 4 rings (SSSR count). The molecule has 0 amide bonds. The summed E-state index contributed by atoms with van der Waals surface area (Å²) in [6, 6.07) is 24.4. The molecular weight excluding hydrogens is 452 g/mol. The monoisotopic (exact) mass is 474 g/mol. The maximum Gasteiger partial charge on any atom is 0.355 e. The standard InChI is InChI=1S/C27H22O8/c1-27(35-25(30)20-15-9-4-10-16-20)22(34-24(29)19-13-7-3-8-14-19)21(33-26(27)31)17-32-23(28)18-11-5-2-6-12-18/h2-16,21-22H,17H2,1H3/t21-,22?,27-/m1/s1. The predicted octanol–water partition coefficient (Wildman–Crippen LogP) is 3.61. The van der Waals surface area contributed by atoms with Gasteiger partial charge in [-0.1, -0.05) is 54.6 Å². The molecule has 0 radical (unpaired) electrons. The molecule has 1 heterocycles. The van der Waals surface area contributed by atoms with Gasteiger partial charge in [0, 0.05) is 0 Å². The zero-order valence-corrected chi connectivity index (χ0v) is 18.8. The van der Waals surface area contributed by atoms with Crippen molar-refractivity contribution in [1.29, 1.82) is 0 Å². The summed E-state index contributed by atoms with van der Waals surface area (Å²) in [4.78, 5) is 50.9. The Bertz CT molecular complexity index is 1210. The number of hydrogen-bond acceptors (Lipinski definition) is 8. The van der Waals surface area contributed by atoms with Crippen molar-refractivity contribution in [3.8, 4) is 0 Å². The minimum atomic E-state index is -1.97. The van der Waals surface area contributed by atoms with Gasteiger partial charge in [-0.2, -0.15) is 0 Å². The first kappa shape index (κ1) is 23.7. The van der Waals surface area contributed by atoms with Crippen LogP contribution in [0, 0.1) is 0 Å². The van der Waals surface area contributed by atoms with Crippen molar-refractivity contribution in [2.24, 2.45) is 0 Å². The number of carbonyl (C=O) groups is 4. The van der Waals surface area contributed by atoms with Crippen molar-refractivity contribution in [2.45, 2.75) is 24.7 Å². The van der Waals surface area contributed by atoms with E-state index in [9.17, 15) is 19.2 Å². The van der Waals surface area contributed by atoms with Crippen LogP contribution in [-0.4, -0.2) is 48.3 Å². The van der Waals surface area contributed by atoms with Gasteiger partial charge in [0.1, 0.15) is 6.61 Å². The molecule has 0 bridgehead atoms. The normalized spacial score (nSPS) is 21.0. The third-order valence-electron chi connectivity index (χ3n) is 5.49. The van der Waals surface area contributed by atoms with Crippen LogP contribution in [-0.2, 0) is 23.7 Å². The summed E-state index contributed by atoms with van der Waals surface area (Å²) >= 11 is 0. The van der Waals surface area contributed by atoms with Crippen LogP contribution in [0.15, 0.2) is 91.0 Å². The third-order valence-corrected chi connectivity index (χ3v) is 5.49.